The van der Waals surface area contributed by atoms with Gasteiger partial charge in [0.1, 0.15) is 5.82 Å². The van der Waals surface area contributed by atoms with Crippen LogP contribution in [0.4, 0.5) is 18.9 Å². The summed E-state index contributed by atoms with van der Waals surface area (Å²) in [6.45, 7) is 2.23. The summed E-state index contributed by atoms with van der Waals surface area (Å²) in [6, 6.07) is 3.97. The van der Waals surface area contributed by atoms with Crippen molar-refractivity contribution in [1.29, 1.82) is 0 Å². The molecule has 7 heteroatoms. The van der Waals surface area contributed by atoms with Crippen LogP contribution < -0.4 is 5.73 Å². The molecule has 4 nitrogen and oxygen atoms in total. The standard InChI is InChI=1S/C14H15F3N4/c15-14(16,17)12-7-11(18)2-1-10(12)8-20-5-6-21-4-3-19-13(21)9-20/h1-4,7H,5-6,8-9,18H2. The number of nitrogen functional groups attached to an aromatic ring is 1. The van der Waals surface area contributed by atoms with Gasteiger partial charge in [0.2, 0.25) is 0 Å². The highest BCUT2D eigenvalue weighted by molar-refractivity contribution is 5.46. The van der Waals surface area contributed by atoms with Crippen molar-refractivity contribution in [3.63, 3.8) is 0 Å². The van der Waals surface area contributed by atoms with E-state index < -0.39 is 11.7 Å². The Kier molecular flexibility index (Phi) is 3.36. The number of imidazole rings is 1. The first kappa shape index (κ1) is 13.9. The van der Waals surface area contributed by atoms with Crippen molar-refractivity contribution in [2.24, 2.45) is 0 Å². The van der Waals surface area contributed by atoms with Crippen LogP contribution in [0.25, 0.3) is 0 Å². The number of hydrogen-bond acceptors (Lipinski definition) is 3. The summed E-state index contributed by atoms with van der Waals surface area (Å²) in [7, 11) is 0. The van der Waals surface area contributed by atoms with Crippen molar-refractivity contribution in [3.05, 3.63) is 47.5 Å². The third kappa shape index (κ3) is 2.87. The molecule has 0 atom stereocenters. The van der Waals surface area contributed by atoms with Gasteiger partial charge in [-0.2, -0.15) is 13.2 Å². The average Bonchev–Trinajstić information content (AvgIpc) is 2.87. The summed E-state index contributed by atoms with van der Waals surface area (Å²) in [5.74, 6) is 0.880. The van der Waals surface area contributed by atoms with Gasteiger partial charge in [-0.15, -0.1) is 0 Å². The molecule has 3 rings (SSSR count). The zero-order valence-electron chi connectivity index (χ0n) is 11.3. The predicted octanol–water partition coefficient (Wildman–Crippen LogP) is 2.50. The van der Waals surface area contributed by atoms with Crippen LogP contribution in [-0.4, -0.2) is 21.0 Å². The largest absolute Gasteiger partial charge is 0.416 e. The Balaban J connectivity index is 1.83. The smallest absolute Gasteiger partial charge is 0.399 e. The molecule has 0 spiro atoms. The van der Waals surface area contributed by atoms with Crippen molar-refractivity contribution in [2.75, 3.05) is 12.3 Å². The Morgan fingerprint density at radius 2 is 2.05 bits per heavy atom. The monoisotopic (exact) mass is 296 g/mol. The van der Waals surface area contributed by atoms with Crippen molar-refractivity contribution >= 4 is 5.69 Å². The van der Waals surface area contributed by atoms with Crippen molar-refractivity contribution in [1.82, 2.24) is 14.5 Å². The molecule has 0 aliphatic carbocycles. The van der Waals surface area contributed by atoms with Gasteiger partial charge in [0.05, 0.1) is 12.1 Å². The van der Waals surface area contributed by atoms with E-state index in [-0.39, 0.29) is 17.8 Å². The zero-order chi connectivity index (χ0) is 15.0. The number of nitrogens with zero attached hydrogens (tertiary/aromatic N) is 3. The number of anilines is 1. The molecule has 0 unspecified atom stereocenters. The van der Waals surface area contributed by atoms with Gasteiger partial charge >= 0.3 is 6.18 Å². The first-order valence-electron chi connectivity index (χ1n) is 6.61. The number of rotatable bonds is 2. The summed E-state index contributed by atoms with van der Waals surface area (Å²) < 4.78 is 41.3. The fourth-order valence-corrected chi connectivity index (χ4v) is 2.60. The third-order valence-electron chi connectivity index (χ3n) is 3.66. The van der Waals surface area contributed by atoms with Crippen LogP contribution in [-0.2, 0) is 25.8 Å². The second-order valence-corrected chi connectivity index (χ2v) is 5.16. The molecule has 1 aliphatic rings. The molecule has 0 saturated heterocycles. The van der Waals surface area contributed by atoms with Gasteiger partial charge in [-0.25, -0.2) is 4.98 Å². The lowest BCUT2D eigenvalue weighted by Crippen LogP contribution is -2.33. The lowest BCUT2D eigenvalue weighted by Gasteiger charge is -2.28. The van der Waals surface area contributed by atoms with Crippen LogP contribution in [0.2, 0.25) is 0 Å². The highest BCUT2D eigenvalue weighted by Crippen LogP contribution is 2.34. The van der Waals surface area contributed by atoms with Gasteiger partial charge in [0.15, 0.2) is 0 Å². The Morgan fingerprint density at radius 3 is 2.81 bits per heavy atom. The van der Waals surface area contributed by atoms with Crippen molar-refractivity contribution < 1.29 is 13.2 Å². The van der Waals surface area contributed by atoms with E-state index >= 15 is 0 Å². The topological polar surface area (TPSA) is 47.1 Å². The normalized spacial score (nSPS) is 16.0. The molecule has 112 valence electrons. The van der Waals surface area contributed by atoms with E-state index in [9.17, 15) is 13.2 Å². The van der Waals surface area contributed by atoms with Crippen LogP contribution in [0.5, 0.6) is 0 Å². The first-order valence-corrected chi connectivity index (χ1v) is 6.61. The summed E-state index contributed by atoms with van der Waals surface area (Å²) in [5.41, 5.74) is 5.20. The Bertz CT molecular complexity index is 648. The molecule has 21 heavy (non-hydrogen) atoms. The number of halogens is 3. The van der Waals surface area contributed by atoms with Gasteiger partial charge in [-0.3, -0.25) is 4.90 Å². The Labute approximate surface area is 120 Å². The first-order chi connectivity index (χ1) is 9.93. The van der Waals surface area contributed by atoms with Crippen LogP contribution in [0.3, 0.4) is 0 Å². The van der Waals surface area contributed by atoms with Gasteiger partial charge in [-0.1, -0.05) is 6.07 Å². The van der Waals surface area contributed by atoms with E-state index in [0.29, 0.717) is 13.1 Å². The molecule has 1 aliphatic heterocycles. The van der Waals surface area contributed by atoms with Gasteiger partial charge in [0.25, 0.3) is 0 Å². The fraction of sp³-hybridized carbons (Fsp3) is 0.357. The molecular formula is C14H15F3N4. The molecular weight excluding hydrogens is 281 g/mol. The molecule has 0 fully saturated rings. The number of alkyl halides is 3. The zero-order valence-corrected chi connectivity index (χ0v) is 11.3. The van der Waals surface area contributed by atoms with E-state index in [1.807, 2.05) is 15.7 Å². The Hall–Kier alpha value is -2.02. The summed E-state index contributed by atoms with van der Waals surface area (Å²) in [6.07, 6.45) is -0.792. The van der Waals surface area contributed by atoms with E-state index in [1.54, 1.807) is 6.20 Å². The number of nitrogens with two attached hydrogens (primary N) is 1. The van der Waals surface area contributed by atoms with Crippen molar-refractivity contribution in [3.8, 4) is 0 Å². The van der Waals surface area contributed by atoms with Crippen molar-refractivity contribution in [2.45, 2.75) is 25.8 Å². The van der Waals surface area contributed by atoms with Crippen LogP contribution in [0.15, 0.2) is 30.6 Å². The van der Waals surface area contributed by atoms with Gasteiger partial charge in [0, 0.05) is 37.7 Å². The van der Waals surface area contributed by atoms with E-state index in [4.69, 9.17) is 5.73 Å². The van der Waals surface area contributed by atoms with Gasteiger partial charge in [-0.05, 0) is 17.7 Å². The molecule has 0 saturated carbocycles. The van der Waals surface area contributed by atoms with E-state index in [0.717, 1.165) is 18.4 Å². The predicted molar refractivity (Wildman–Crippen MR) is 72.2 cm³/mol. The lowest BCUT2D eigenvalue weighted by molar-refractivity contribution is -0.138. The van der Waals surface area contributed by atoms with Gasteiger partial charge < -0.3 is 10.3 Å². The quantitative estimate of drug-likeness (QED) is 0.866. The number of hydrogen-bond donors (Lipinski definition) is 1. The van der Waals surface area contributed by atoms with Crippen LogP contribution >= 0.6 is 0 Å². The highest BCUT2D eigenvalue weighted by atomic mass is 19.4. The maximum atomic E-state index is 13.1. The second-order valence-electron chi connectivity index (χ2n) is 5.16. The maximum Gasteiger partial charge on any atom is 0.416 e. The van der Waals surface area contributed by atoms with E-state index in [2.05, 4.69) is 4.98 Å². The molecule has 0 amide bonds. The second kappa shape index (κ2) is 5.07. The number of benzene rings is 1. The molecule has 2 N–H and O–H groups in total. The molecule has 0 radical (unpaired) electrons. The average molecular weight is 296 g/mol. The third-order valence-corrected chi connectivity index (χ3v) is 3.66. The SMILES string of the molecule is Nc1ccc(CN2CCn3ccnc3C2)c(C(F)(F)F)c1. The summed E-state index contributed by atoms with van der Waals surface area (Å²) in [4.78, 5) is 6.17. The molecule has 2 aromatic rings. The number of aromatic nitrogens is 2. The minimum atomic E-state index is -4.39. The minimum Gasteiger partial charge on any atom is -0.399 e. The minimum absolute atomic E-state index is 0.125. The lowest BCUT2D eigenvalue weighted by atomic mass is 10.1. The highest BCUT2D eigenvalue weighted by Gasteiger charge is 2.34. The van der Waals surface area contributed by atoms with E-state index in [1.165, 1.54) is 12.1 Å². The molecule has 1 aromatic heterocycles. The number of fused-ring (bicyclic) bond motifs is 1. The molecule has 1 aromatic carbocycles. The van der Waals surface area contributed by atoms with Crippen LogP contribution in [0, 0.1) is 0 Å². The van der Waals surface area contributed by atoms with Crippen LogP contribution in [0.1, 0.15) is 17.0 Å². The molecule has 0 bridgehead atoms. The fourth-order valence-electron chi connectivity index (χ4n) is 2.60. The Morgan fingerprint density at radius 1 is 1.24 bits per heavy atom. The summed E-state index contributed by atoms with van der Waals surface area (Å²) >= 11 is 0. The summed E-state index contributed by atoms with van der Waals surface area (Å²) in [5, 5.41) is 0. The molecule has 2 heterocycles. The maximum absolute atomic E-state index is 13.1.